The standard InChI is InChI=1S/C20H25N5OS/c1-12(2)8-15-11-27-20-18(15)19(22-14(4)23-20)25(5)10-17(26)24-16-9-13(3)6-7-21-16/h6-7,9,11-12H,8,10H2,1-5H3,(H,21,24,26). The molecule has 0 fully saturated rings. The normalized spacial score (nSPS) is 11.2. The molecule has 27 heavy (non-hydrogen) atoms. The van der Waals surface area contributed by atoms with Crippen molar-refractivity contribution in [2.24, 2.45) is 5.92 Å². The minimum atomic E-state index is -0.124. The number of anilines is 2. The molecule has 0 atom stereocenters. The van der Waals surface area contributed by atoms with Crippen LogP contribution in [0.4, 0.5) is 11.6 Å². The van der Waals surface area contributed by atoms with Gasteiger partial charge in [-0.15, -0.1) is 11.3 Å². The number of rotatable bonds is 6. The summed E-state index contributed by atoms with van der Waals surface area (Å²) >= 11 is 1.64. The van der Waals surface area contributed by atoms with Gasteiger partial charge >= 0.3 is 0 Å². The molecular formula is C20H25N5OS. The highest BCUT2D eigenvalue weighted by Crippen LogP contribution is 2.33. The van der Waals surface area contributed by atoms with Gasteiger partial charge in [0.25, 0.3) is 0 Å². The van der Waals surface area contributed by atoms with Gasteiger partial charge in [-0.1, -0.05) is 13.8 Å². The molecule has 6 nitrogen and oxygen atoms in total. The number of thiophene rings is 1. The number of nitrogens with zero attached hydrogens (tertiary/aromatic N) is 4. The van der Waals surface area contributed by atoms with Crippen LogP contribution in [0.25, 0.3) is 10.2 Å². The molecule has 7 heteroatoms. The molecule has 0 aromatic carbocycles. The van der Waals surface area contributed by atoms with Crippen LogP contribution in [0.1, 0.15) is 30.8 Å². The number of aromatic nitrogens is 3. The maximum atomic E-state index is 12.5. The predicted octanol–water partition coefficient (Wildman–Crippen LogP) is 3.98. The molecule has 0 saturated carbocycles. The van der Waals surface area contributed by atoms with E-state index in [-0.39, 0.29) is 12.5 Å². The van der Waals surface area contributed by atoms with Gasteiger partial charge in [0.15, 0.2) is 0 Å². The van der Waals surface area contributed by atoms with E-state index in [1.807, 2.05) is 37.9 Å². The molecule has 0 aliphatic rings. The Morgan fingerprint density at radius 2 is 2.07 bits per heavy atom. The van der Waals surface area contributed by atoms with Crippen molar-refractivity contribution in [2.45, 2.75) is 34.1 Å². The maximum absolute atomic E-state index is 12.5. The minimum Gasteiger partial charge on any atom is -0.350 e. The second-order valence-electron chi connectivity index (χ2n) is 7.26. The molecule has 0 aliphatic carbocycles. The number of fused-ring (bicyclic) bond motifs is 1. The van der Waals surface area contributed by atoms with E-state index in [2.05, 4.69) is 39.5 Å². The van der Waals surface area contributed by atoms with Crippen LogP contribution in [0.5, 0.6) is 0 Å². The zero-order valence-electron chi connectivity index (χ0n) is 16.4. The molecule has 3 heterocycles. The third-order valence-electron chi connectivity index (χ3n) is 4.16. The largest absolute Gasteiger partial charge is 0.350 e. The van der Waals surface area contributed by atoms with Crippen molar-refractivity contribution in [3.63, 3.8) is 0 Å². The molecule has 0 bridgehead atoms. The van der Waals surface area contributed by atoms with E-state index in [0.717, 1.165) is 28.0 Å². The first-order valence-corrected chi connectivity index (χ1v) is 9.89. The Balaban J connectivity index is 1.85. The van der Waals surface area contributed by atoms with Gasteiger partial charge in [-0.05, 0) is 54.8 Å². The van der Waals surface area contributed by atoms with E-state index in [1.54, 1.807) is 17.5 Å². The van der Waals surface area contributed by atoms with Crippen molar-refractivity contribution in [3.05, 3.63) is 40.7 Å². The third-order valence-corrected chi connectivity index (χ3v) is 5.08. The third kappa shape index (κ3) is 4.60. The van der Waals surface area contributed by atoms with Crippen LogP contribution < -0.4 is 10.2 Å². The van der Waals surface area contributed by atoms with Crippen LogP contribution in [0.2, 0.25) is 0 Å². The molecular weight excluding hydrogens is 358 g/mol. The predicted molar refractivity (Wildman–Crippen MR) is 112 cm³/mol. The molecule has 142 valence electrons. The Morgan fingerprint density at radius 3 is 2.78 bits per heavy atom. The molecule has 3 aromatic rings. The highest BCUT2D eigenvalue weighted by Gasteiger charge is 2.18. The first-order valence-electron chi connectivity index (χ1n) is 9.02. The molecule has 0 unspecified atom stereocenters. The van der Waals surface area contributed by atoms with Gasteiger partial charge in [-0.25, -0.2) is 15.0 Å². The summed E-state index contributed by atoms with van der Waals surface area (Å²) in [6, 6.07) is 3.75. The summed E-state index contributed by atoms with van der Waals surface area (Å²) in [6.07, 6.45) is 2.65. The maximum Gasteiger partial charge on any atom is 0.245 e. The van der Waals surface area contributed by atoms with E-state index in [0.29, 0.717) is 17.6 Å². The molecule has 0 spiro atoms. The van der Waals surface area contributed by atoms with E-state index in [9.17, 15) is 4.79 Å². The Kier molecular flexibility index (Phi) is 5.70. The van der Waals surface area contributed by atoms with Crippen LogP contribution in [-0.2, 0) is 11.2 Å². The van der Waals surface area contributed by atoms with Crippen molar-refractivity contribution in [2.75, 3.05) is 23.8 Å². The average molecular weight is 384 g/mol. The number of hydrogen-bond acceptors (Lipinski definition) is 6. The smallest absolute Gasteiger partial charge is 0.245 e. The summed E-state index contributed by atoms with van der Waals surface area (Å²) in [5.74, 6) is 2.50. The lowest BCUT2D eigenvalue weighted by atomic mass is 10.0. The van der Waals surface area contributed by atoms with E-state index < -0.39 is 0 Å². The minimum absolute atomic E-state index is 0.124. The molecule has 3 aromatic heterocycles. The van der Waals surface area contributed by atoms with Gasteiger partial charge in [0.05, 0.1) is 11.9 Å². The molecule has 3 rings (SSSR count). The Hall–Kier alpha value is -2.54. The lowest BCUT2D eigenvalue weighted by molar-refractivity contribution is -0.114. The summed E-state index contributed by atoms with van der Waals surface area (Å²) in [4.78, 5) is 28.8. The molecule has 0 aliphatic heterocycles. The Labute approximate surface area is 163 Å². The van der Waals surface area contributed by atoms with Crippen LogP contribution in [-0.4, -0.2) is 34.5 Å². The zero-order chi connectivity index (χ0) is 19.6. The van der Waals surface area contributed by atoms with Crippen molar-refractivity contribution < 1.29 is 4.79 Å². The highest BCUT2D eigenvalue weighted by molar-refractivity contribution is 7.17. The first-order chi connectivity index (χ1) is 12.8. The fourth-order valence-corrected chi connectivity index (χ4v) is 4.02. The molecule has 0 radical (unpaired) electrons. The number of carbonyl (C=O) groups excluding carboxylic acids is 1. The number of carbonyl (C=O) groups is 1. The number of aryl methyl sites for hydroxylation is 2. The second kappa shape index (κ2) is 8.00. The van der Waals surface area contributed by atoms with Crippen molar-refractivity contribution in [3.8, 4) is 0 Å². The lowest BCUT2D eigenvalue weighted by Crippen LogP contribution is -2.31. The summed E-state index contributed by atoms with van der Waals surface area (Å²) in [6.45, 7) is 8.44. The van der Waals surface area contributed by atoms with Crippen molar-refractivity contribution in [1.82, 2.24) is 15.0 Å². The van der Waals surface area contributed by atoms with Gasteiger partial charge in [0, 0.05) is 13.2 Å². The van der Waals surface area contributed by atoms with E-state index in [1.165, 1.54) is 5.56 Å². The number of likely N-dealkylation sites (N-methyl/N-ethyl adjacent to an activating group) is 1. The number of amides is 1. The number of nitrogens with one attached hydrogen (secondary N) is 1. The average Bonchev–Trinajstić information content (AvgIpc) is 2.95. The summed E-state index contributed by atoms with van der Waals surface area (Å²) in [5, 5.41) is 6.07. The first kappa shape index (κ1) is 19.2. The number of pyridine rings is 1. The fourth-order valence-electron chi connectivity index (χ4n) is 3.03. The Bertz CT molecular complexity index is 966. The van der Waals surface area contributed by atoms with Crippen molar-refractivity contribution >= 4 is 39.1 Å². The number of hydrogen-bond donors (Lipinski definition) is 1. The van der Waals surface area contributed by atoms with E-state index in [4.69, 9.17) is 0 Å². The fraction of sp³-hybridized carbons (Fsp3) is 0.400. The van der Waals surface area contributed by atoms with E-state index >= 15 is 0 Å². The molecule has 1 N–H and O–H groups in total. The van der Waals surface area contributed by atoms with Gasteiger partial charge in [0.1, 0.15) is 22.3 Å². The SMILES string of the molecule is Cc1ccnc(NC(=O)CN(C)c2nc(C)nc3scc(CC(C)C)c23)c1. The van der Waals surface area contributed by atoms with Gasteiger partial charge < -0.3 is 10.2 Å². The molecule has 0 saturated heterocycles. The van der Waals surface area contributed by atoms with Crippen LogP contribution in [0.3, 0.4) is 0 Å². The second-order valence-corrected chi connectivity index (χ2v) is 8.11. The lowest BCUT2D eigenvalue weighted by Gasteiger charge is -2.20. The van der Waals surface area contributed by atoms with Crippen LogP contribution in [0.15, 0.2) is 23.7 Å². The summed E-state index contributed by atoms with van der Waals surface area (Å²) in [7, 11) is 1.89. The summed E-state index contributed by atoms with van der Waals surface area (Å²) in [5.41, 5.74) is 2.30. The highest BCUT2D eigenvalue weighted by atomic mass is 32.1. The topological polar surface area (TPSA) is 71.0 Å². The van der Waals surface area contributed by atoms with Gasteiger partial charge in [0.2, 0.25) is 5.91 Å². The van der Waals surface area contributed by atoms with Gasteiger partial charge in [-0.2, -0.15) is 0 Å². The molecule has 1 amide bonds. The zero-order valence-corrected chi connectivity index (χ0v) is 17.2. The Morgan fingerprint density at radius 1 is 1.30 bits per heavy atom. The monoisotopic (exact) mass is 383 g/mol. The van der Waals surface area contributed by atoms with Gasteiger partial charge in [-0.3, -0.25) is 4.79 Å². The van der Waals surface area contributed by atoms with Crippen LogP contribution >= 0.6 is 11.3 Å². The van der Waals surface area contributed by atoms with Crippen molar-refractivity contribution in [1.29, 1.82) is 0 Å². The summed E-state index contributed by atoms with van der Waals surface area (Å²) < 4.78 is 0. The quantitative estimate of drug-likeness (QED) is 0.697. The van der Waals surface area contributed by atoms with Crippen LogP contribution in [0, 0.1) is 19.8 Å².